The summed E-state index contributed by atoms with van der Waals surface area (Å²) in [6.07, 6.45) is 1.87. The summed E-state index contributed by atoms with van der Waals surface area (Å²) in [6.45, 7) is 0. The molecule has 0 spiro atoms. The van der Waals surface area contributed by atoms with Crippen LogP contribution in [-0.4, -0.2) is 16.3 Å². The zero-order valence-electron chi connectivity index (χ0n) is 11.8. The predicted molar refractivity (Wildman–Crippen MR) is 88.4 cm³/mol. The van der Waals surface area contributed by atoms with Gasteiger partial charge in [-0.05, 0) is 50.2 Å². The van der Waals surface area contributed by atoms with Crippen molar-refractivity contribution in [3.8, 4) is 22.3 Å². The summed E-state index contributed by atoms with van der Waals surface area (Å²) in [5, 5.41) is 22.6. The van der Waals surface area contributed by atoms with E-state index in [1.54, 1.807) is 6.08 Å². The van der Waals surface area contributed by atoms with Crippen LogP contribution in [0.25, 0.3) is 39.1 Å². The lowest BCUT2D eigenvalue weighted by Gasteiger charge is -2.24. The third-order valence-electron chi connectivity index (χ3n) is 4.83. The number of hydrogen-bond acceptors (Lipinski definition) is 2. The molecule has 106 valence electrons. The van der Waals surface area contributed by atoms with E-state index in [-0.39, 0.29) is 0 Å². The first-order valence-corrected chi connectivity index (χ1v) is 7.49. The van der Waals surface area contributed by atoms with Gasteiger partial charge in [0.15, 0.2) is 0 Å². The largest absolute Gasteiger partial charge is 0.386 e. The molecule has 0 saturated carbocycles. The maximum Gasteiger partial charge on any atom is 0.110 e. The van der Waals surface area contributed by atoms with Crippen molar-refractivity contribution in [3.63, 3.8) is 0 Å². The van der Waals surface area contributed by atoms with Crippen LogP contribution in [-0.2, 0) is 0 Å². The summed E-state index contributed by atoms with van der Waals surface area (Å²) in [7, 11) is 0. The summed E-state index contributed by atoms with van der Waals surface area (Å²) >= 11 is 0. The molecule has 3 aromatic carbocycles. The Morgan fingerprint density at radius 2 is 1.50 bits per heavy atom. The van der Waals surface area contributed by atoms with E-state index in [4.69, 9.17) is 0 Å². The predicted octanol–water partition coefficient (Wildman–Crippen LogP) is 3.91. The molecular formula is C20H14O2. The van der Waals surface area contributed by atoms with Crippen LogP contribution in [0.2, 0.25) is 0 Å². The maximum atomic E-state index is 10.4. The molecule has 0 unspecified atom stereocenters. The molecule has 0 saturated heterocycles. The van der Waals surface area contributed by atoms with Gasteiger partial charge in [-0.1, -0.05) is 54.6 Å². The molecule has 0 aromatic heterocycles. The van der Waals surface area contributed by atoms with Crippen molar-refractivity contribution in [2.45, 2.75) is 12.2 Å². The van der Waals surface area contributed by atoms with Crippen LogP contribution in [0.15, 0.2) is 54.6 Å². The van der Waals surface area contributed by atoms with Gasteiger partial charge in [-0.3, -0.25) is 0 Å². The smallest absolute Gasteiger partial charge is 0.110 e. The van der Waals surface area contributed by atoms with E-state index in [1.165, 1.54) is 27.6 Å². The fraction of sp³-hybridized carbons (Fsp3) is 0.100. The molecule has 0 aliphatic heterocycles. The standard InChI is InChI=1S/C20H14O2/c21-17-9-8-11-10-16-13-5-2-1-4-12(13)14-6-3-7-15(19(14)16)18(11)20(17)22/h1-10,17,20-22H/t17-,20+/m1/s1. The fourth-order valence-electron chi connectivity index (χ4n) is 3.86. The highest BCUT2D eigenvalue weighted by molar-refractivity contribution is 6.17. The molecule has 3 aromatic rings. The van der Waals surface area contributed by atoms with Crippen LogP contribution in [0, 0.1) is 0 Å². The summed E-state index contributed by atoms with van der Waals surface area (Å²) < 4.78 is 0. The first-order valence-electron chi connectivity index (χ1n) is 7.49. The summed E-state index contributed by atoms with van der Waals surface area (Å²) in [5.74, 6) is 0. The summed E-state index contributed by atoms with van der Waals surface area (Å²) in [5.41, 5.74) is 6.74. The van der Waals surface area contributed by atoms with Crippen LogP contribution in [0.1, 0.15) is 17.2 Å². The van der Waals surface area contributed by atoms with Crippen molar-refractivity contribution >= 4 is 16.8 Å². The number of benzene rings is 3. The van der Waals surface area contributed by atoms with E-state index in [0.29, 0.717) is 0 Å². The minimum absolute atomic E-state index is 0.836. The van der Waals surface area contributed by atoms with Gasteiger partial charge in [-0.15, -0.1) is 0 Å². The first kappa shape index (κ1) is 12.2. The minimum Gasteiger partial charge on any atom is -0.386 e. The van der Waals surface area contributed by atoms with Crippen molar-refractivity contribution in [2.24, 2.45) is 0 Å². The first-order chi connectivity index (χ1) is 10.8. The Bertz CT molecular complexity index is 969. The van der Waals surface area contributed by atoms with E-state index in [1.807, 2.05) is 18.2 Å². The molecule has 2 aliphatic carbocycles. The lowest BCUT2D eigenvalue weighted by Crippen LogP contribution is -2.19. The highest BCUT2D eigenvalue weighted by Gasteiger charge is 2.29. The zero-order chi connectivity index (χ0) is 14.8. The van der Waals surface area contributed by atoms with Gasteiger partial charge in [0.05, 0.1) is 0 Å². The van der Waals surface area contributed by atoms with E-state index in [0.717, 1.165) is 16.5 Å². The SMILES string of the molecule is O[C@@H]1C=Cc2cc3c4c(cccc4c2[C@H]1O)-c1ccccc1-3. The van der Waals surface area contributed by atoms with Crippen molar-refractivity contribution in [3.05, 3.63) is 65.7 Å². The molecule has 0 fully saturated rings. The maximum absolute atomic E-state index is 10.4. The van der Waals surface area contributed by atoms with Gasteiger partial charge in [-0.2, -0.15) is 0 Å². The molecule has 2 aliphatic rings. The number of fused-ring (bicyclic) bond motifs is 5. The number of rotatable bonds is 0. The third-order valence-corrected chi connectivity index (χ3v) is 4.83. The summed E-state index contributed by atoms with van der Waals surface area (Å²) in [6, 6.07) is 16.7. The Morgan fingerprint density at radius 3 is 2.32 bits per heavy atom. The Hall–Kier alpha value is -2.42. The van der Waals surface area contributed by atoms with Gasteiger partial charge in [0.25, 0.3) is 0 Å². The fourth-order valence-corrected chi connectivity index (χ4v) is 3.86. The normalized spacial score (nSPS) is 21.0. The molecule has 2 nitrogen and oxygen atoms in total. The second-order valence-electron chi connectivity index (χ2n) is 6.00. The third kappa shape index (κ3) is 1.36. The number of aliphatic hydroxyl groups excluding tert-OH is 2. The average Bonchev–Trinajstić information content (AvgIpc) is 2.87. The van der Waals surface area contributed by atoms with Gasteiger partial charge < -0.3 is 10.2 Å². The lowest BCUT2D eigenvalue weighted by atomic mass is 9.86. The molecule has 22 heavy (non-hydrogen) atoms. The highest BCUT2D eigenvalue weighted by atomic mass is 16.3. The van der Waals surface area contributed by atoms with Gasteiger partial charge >= 0.3 is 0 Å². The lowest BCUT2D eigenvalue weighted by molar-refractivity contribution is 0.0480. The Kier molecular flexibility index (Phi) is 2.25. The van der Waals surface area contributed by atoms with Crippen molar-refractivity contribution in [2.75, 3.05) is 0 Å². The second-order valence-corrected chi connectivity index (χ2v) is 6.00. The molecule has 0 heterocycles. The van der Waals surface area contributed by atoms with Gasteiger partial charge in [-0.25, -0.2) is 0 Å². The van der Waals surface area contributed by atoms with E-state index >= 15 is 0 Å². The number of hydrogen-bond donors (Lipinski definition) is 2. The van der Waals surface area contributed by atoms with Crippen LogP contribution in [0.5, 0.6) is 0 Å². The second kappa shape index (κ2) is 4.07. The van der Waals surface area contributed by atoms with Crippen LogP contribution < -0.4 is 0 Å². The van der Waals surface area contributed by atoms with E-state index in [9.17, 15) is 10.2 Å². The van der Waals surface area contributed by atoms with E-state index < -0.39 is 12.2 Å². The molecule has 2 heteroatoms. The molecular weight excluding hydrogens is 272 g/mol. The summed E-state index contributed by atoms with van der Waals surface area (Å²) in [4.78, 5) is 0. The van der Waals surface area contributed by atoms with Crippen LogP contribution in [0.4, 0.5) is 0 Å². The minimum atomic E-state index is -0.868. The Morgan fingerprint density at radius 1 is 0.773 bits per heavy atom. The molecule has 2 N–H and O–H groups in total. The molecule has 2 atom stereocenters. The molecule has 0 amide bonds. The number of aliphatic hydroxyl groups is 2. The Labute approximate surface area is 128 Å². The quantitative estimate of drug-likeness (QED) is 0.514. The average molecular weight is 286 g/mol. The van der Waals surface area contributed by atoms with Gasteiger partial charge in [0, 0.05) is 0 Å². The highest BCUT2D eigenvalue weighted by Crippen LogP contribution is 2.50. The zero-order valence-corrected chi connectivity index (χ0v) is 11.8. The van der Waals surface area contributed by atoms with Crippen LogP contribution >= 0.6 is 0 Å². The van der Waals surface area contributed by atoms with Crippen molar-refractivity contribution in [1.29, 1.82) is 0 Å². The van der Waals surface area contributed by atoms with E-state index in [2.05, 4.69) is 36.4 Å². The Balaban J connectivity index is 1.98. The van der Waals surface area contributed by atoms with Crippen LogP contribution in [0.3, 0.4) is 0 Å². The molecule has 5 rings (SSSR count). The topological polar surface area (TPSA) is 40.5 Å². The van der Waals surface area contributed by atoms with Gasteiger partial charge in [0.2, 0.25) is 0 Å². The van der Waals surface area contributed by atoms with Crippen molar-refractivity contribution in [1.82, 2.24) is 0 Å². The van der Waals surface area contributed by atoms with Gasteiger partial charge in [0.1, 0.15) is 12.2 Å². The molecule has 0 radical (unpaired) electrons. The van der Waals surface area contributed by atoms with Crippen molar-refractivity contribution < 1.29 is 10.2 Å². The monoisotopic (exact) mass is 286 g/mol. The molecule has 0 bridgehead atoms.